The van der Waals surface area contributed by atoms with Crippen molar-refractivity contribution in [3.8, 4) is 23.0 Å². The normalized spacial score (nSPS) is 17.0. The van der Waals surface area contributed by atoms with Crippen molar-refractivity contribution in [3.05, 3.63) is 47.5 Å². The Balaban J connectivity index is 1.55. The van der Waals surface area contributed by atoms with Crippen LogP contribution in [0.1, 0.15) is 75.5 Å². The number of esters is 4. The van der Waals surface area contributed by atoms with Gasteiger partial charge in [-0.2, -0.15) is 0 Å². The van der Waals surface area contributed by atoms with Gasteiger partial charge < -0.3 is 29.4 Å². The smallest absolute Gasteiger partial charge is 0.308 e. The van der Waals surface area contributed by atoms with Gasteiger partial charge >= 0.3 is 23.9 Å². The number of ether oxygens (including phenoxy) is 4. The van der Waals surface area contributed by atoms with Crippen LogP contribution in [-0.2, 0) is 19.2 Å². The molecule has 3 atom stereocenters. The SMILES string of the molecule is CC(=O)Oc1ccc(C(=O)NCC2CCCC(CN[C@@H](O)c3ccc(OC(C)=O)c(OC(C)=O)c3)C2)cc1OC(C)=O. The Kier molecular flexibility index (Phi) is 11.6. The summed E-state index contributed by atoms with van der Waals surface area (Å²) in [5.41, 5.74) is 0.696. The number of nitrogens with one attached hydrogen (secondary N) is 2. The molecule has 0 aromatic heterocycles. The number of aliphatic hydroxyl groups excluding tert-OH is 1. The summed E-state index contributed by atoms with van der Waals surface area (Å²) in [6, 6.07) is 8.73. The van der Waals surface area contributed by atoms with Crippen molar-refractivity contribution in [2.45, 2.75) is 59.6 Å². The molecule has 226 valence electrons. The third kappa shape index (κ3) is 9.96. The molecule has 3 N–H and O–H groups in total. The van der Waals surface area contributed by atoms with E-state index in [2.05, 4.69) is 10.6 Å². The topological polar surface area (TPSA) is 167 Å². The molecule has 12 heteroatoms. The van der Waals surface area contributed by atoms with E-state index in [1.54, 1.807) is 6.07 Å². The minimum Gasteiger partial charge on any atom is -0.423 e. The number of hydrogen-bond acceptors (Lipinski definition) is 11. The lowest BCUT2D eigenvalue weighted by molar-refractivity contribution is -0.134. The molecule has 42 heavy (non-hydrogen) atoms. The second-order valence-electron chi connectivity index (χ2n) is 10.2. The zero-order chi connectivity index (χ0) is 30.8. The molecule has 1 aliphatic rings. The predicted octanol–water partition coefficient (Wildman–Crippen LogP) is 3.20. The molecule has 0 spiro atoms. The molecule has 12 nitrogen and oxygen atoms in total. The Hall–Kier alpha value is -4.29. The summed E-state index contributed by atoms with van der Waals surface area (Å²) in [5.74, 6) is -2.10. The summed E-state index contributed by atoms with van der Waals surface area (Å²) >= 11 is 0. The fourth-order valence-corrected chi connectivity index (χ4v) is 4.80. The second-order valence-corrected chi connectivity index (χ2v) is 10.2. The average Bonchev–Trinajstić information content (AvgIpc) is 2.91. The number of carbonyl (C=O) groups excluding carboxylic acids is 5. The Bertz CT molecular complexity index is 1330. The van der Waals surface area contributed by atoms with E-state index in [1.165, 1.54) is 58.0 Å². The third-order valence-corrected chi connectivity index (χ3v) is 6.55. The first-order chi connectivity index (χ1) is 19.9. The van der Waals surface area contributed by atoms with Crippen LogP contribution in [0.4, 0.5) is 0 Å². The van der Waals surface area contributed by atoms with Crippen LogP contribution in [0.15, 0.2) is 36.4 Å². The first-order valence-corrected chi connectivity index (χ1v) is 13.6. The first kappa shape index (κ1) is 32.2. The van der Waals surface area contributed by atoms with Crippen molar-refractivity contribution in [3.63, 3.8) is 0 Å². The van der Waals surface area contributed by atoms with Gasteiger partial charge in [0.2, 0.25) is 0 Å². The minimum atomic E-state index is -1.05. The van der Waals surface area contributed by atoms with Gasteiger partial charge in [-0.25, -0.2) is 0 Å². The molecule has 0 saturated heterocycles. The van der Waals surface area contributed by atoms with Crippen LogP contribution in [-0.4, -0.2) is 48.0 Å². The molecule has 1 saturated carbocycles. The van der Waals surface area contributed by atoms with Gasteiger partial charge in [0.25, 0.3) is 5.91 Å². The maximum Gasteiger partial charge on any atom is 0.308 e. The minimum absolute atomic E-state index is 0.0197. The zero-order valence-electron chi connectivity index (χ0n) is 24.1. The van der Waals surface area contributed by atoms with Gasteiger partial charge in [-0.05, 0) is 67.0 Å². The number of rotatable bonds is 11. The molecule has 1 fully saturated rings. The Labute approximate surface area is 243 Å². The van der Waals surface area contributed by atoms with E-state index in [0.29, 0.717) is 18.7 Å². The molecule has 2 unspecified atom stereocenters. The number of benzene rings is 2. The van der Waals surface area contributed by atoms with E-state index in [9.17, 15) is 29.1 Å². The molecule has 0 aliphatic heterocycles. The van der Waals surface area contributed by atoms with Crippen molar-refractivity contribution < 1.29 is 48.0 Å². The van der Waals surface area contributed by atoms with E-state index in [1.807, 2.05) is 0 Å². The maximum absolute atomic E-state index is 12.8. The number of hydrogen-bond donors (Lipinski definition) is 3. The highest BCUT2D eigenvalue weighted by Crippen LogP contribution is 2.32. The molecule has 0 bridgehead atoms. The van der Waals surface area contributed by atoms with Crippen molar-refractivity contribution in [2.24, 2.45) is 11.8 Å². The van der Waals surface area contributed by atoms with E-state index in [4.69, 9.17) is 18.9 Å². The maximum atomic E-state index is 12.8. The van der Waals surface area contributed by atoms with Crippen LogP contribution in [0.25, 0.3) is 0 Å². The predicted molar refractivity (Wildman–Crippen MR) is 149 cm³/mol. The highest BCUT2D eigenvalue weighted by molar-refractivity contribution is 5.95. The zero-order valence-corrected chi connectivity index (χ0v) is 24.1. The summed E-state index contributed by atoms with van der Waals surface area (Å²) in [4.78, 5) is 58.4. The van der Waals surface area contributed by atoms with Crippen molar-refractivity contribution in [1.82, 2.24) is 10.6 Å². The largest absolute Gasteiger partial charge is 0.423 e. The van der Waals surface area contributed by atoms with Crippen LogP contribution in [0.2, 0.25) is 0 Å². The van der Waals surface area contributed by atoms with Crippen LogP contribution >= 0.6 is 0 Å². The lowest BCUT2D eigenvalue weighted by atomic mass is 9.81. The fourth-order valence-electron chi connectivity index (χ4n) is 4.80. The lowest BCUT2D eigenvalue weighted by Gasteiger charge is -2.30. The highest BCUT2D eigenvalue weighted by Gasteiger charge is 2.24. The second kappa shape index (κ2) is 15.1. The quantitative estimate of drug-likeness (QED) is 0.202. The molecule has 2 aromatic carbocycles. The van der Waals surface area contributed by atoms with Gasteiger partial charge in [-0.1, -0.05) is 12.5 Å². The molecule has 1 amide bonds. The van der Waals surface area contributed by atoms with Crippen LogP contribution in [0.3, 0.4) is 0 Å². The van der Waals surface area contributed by atoms with E-state index >= 15 is 0 Å². The lowest BCUT2D eigenvalue weighted by Crippen LogP contribution is -2.35. The monoisotopic (exact) mass is 584 g/mol. The standard InChI is InChI=1S/C30H36N2O10/c1-17(33)39-25-10-8-23(13-27(25)41-19(3)35)29(37)31-15-21-6-5-7-22(12-21)16-32-30(38)24-9-11-26(40-18(2)34)28(14-24)42-20(4)36/h8-11,13-14,21-22,29,31,37H,5-7,12,15-16H2,1-4H3,(H,32,38)/t21?,22?,29-/m0/s1. The average molecular weight is 585 g/mol. The first-order valence-electron chi connectivity index (χ1n) is 13.6. The summed E-state index contributed by atoms with van der Waals surface area (Å²) in [5, 5.41) is 16.8. The summed E-state index contributed by atoms with van der Waals surface area (Å²) < 4.78 is 20.4. The third-order valence-electron chi connectivity index (χ3n) is 6.55. The summed E-state index contributed by atoms with van der Waals surface area (Å²) in [6.07, 6.45) is 2.63. The van der Waals surface area contributed by atoms with E-state index in [-0.39, 0.29) is 46.3 Å². The van der Waals surface area contributed by atoms with Gasteiger partial charge in [-0.15, -0.1) is 0 Å². The van der Waals surface area contributed by atoms with Crippen LogP contribution in [0, 0.1) is 11.8 Å². The van der Waals surface area contributed by atoms with Crippen molar-refractivity contribution >= 4 is 29.8 Å². The van der Waals surface area contributed by atoms with Gasteiger partial charge in [0, 0.05) is 46.3 Å². The van der Waals surface area contributed by atoms with Crippen LogP contribution < -0.4 is 29.6 Å². The molecule has 2 aromatic rings. The van der Waals surface area contributed by atoms with Crippen molar-refractivity contribution in [2.75, 3.05) is 13.1 Å². The summed E-state index contributed by atoms with van der Waals surface area (Å²) in [6.45, 7) is 5.84. The number of carbonyl (C=O) groups is 5. The molecule has 3 rings (SSSR count). The van der Waals surface area contributed by atoms with Crippen molar-refractivity contribution in [1.29, 1.82) is 0 Å². The van der Waals surface area contributed by atoms with E-state index in [0.717, 1.165) is 25.7 Å². The van der Waals surface area contributed by atoms with Gasteiger partial charge in [-0.3, -0.25) is 29.3 Å². The summed E-state index contributed by atoms with van der Waals surface area (Å²) in [7, 11) is 0. The van der Waals surface area contributed by atoms with Gasteiger partial charge in [0.15, 0.2) is 23.0 Å². The molecule has 0 radical (unpaired) electrons. The molecular weight excluding hydrogens is 548 g/mol. The Morgan fingerprint density at radius 2 is 1.24 bits per heavy atom. The van der Waals surface area contributed by atoms with Crippen LogP contribution in [0.5, 0.6) is 23.0 Å². The number of aliphatic hydroxyl groups is 1. The van der Waals surface area contributed by atoms with Gasteiger partial charge in [0.1, 0.15) is 6.23 Å². The highest BCUT2D eigenvalue weighted by atomic mass is 16.6. The molecule has 1 aliphatic carbocycles. The number of amides is 1. The molecular formula is C30H36N2O10. The Morgan fingerprint density at radius 1 is 0.738 bits per heavy atom. The van der Waals surface area contributed by atoms with Gasteiger partial charge in [0.05, 0.1) is 0 Å². The molecule has 0 heterocycles. The Morgan fingerprint density at radius 3 is 1.81 bits per heavy atom. The fraction of sp³-hybridized carbons (Fsp3) is 0.433. The van der Waals surface area contributed by atoms with E-state index < -0.39 is 30.1 Å².